The second kappa shape index (κ2) is 13.7. The van der Waals surface area contributed by atoms with Crippen molar-refractivity contribution in [2.45, 2.75) is 108 Å². The minimum atomic E-state index is -3.27. The van der Waals surface area contributed by atoms with Gasteiger partial charge in [0, 0.05) is 0 Å². The summed E-state index contributed by atoms with van der Waals surface area (Å²) in [5.41, 5.74) is 3.56. The molecule has 2 fully saturated rings. The number of benzene rings is 2. The van der Waals surface area contributed by atoms with Gasteiger partial charge in [0.15, 0.2) is 0 Å². The summed E-state index contributed by atoms with van der Waals surface area (Å²) in [6, 6.07) is 15.4. The summed E-state index contributed by atoms with van der Waals surface area (Å²) in [6.45, 7) is 6.18. The Kier molecular flexibility index (Phi) is 10.4. The minimum Gasteiger partial charge on any atom is -0.316 e. The number of halogens is 2. The van der Waals surface area contributed by atoms with Gasteiger partial charge in [-0.2, -0.15) is 8.78 Å². The smallest absolute Gasteiger partial charge is 0.316 e. The van der Waals surface area contributed by atoms with Crippen LogP contribution in [0.4, 0.5) is 8.78 Å². The van der Waals surface area contributed by atoms with Gasteiger partial charge in [-0.15, -0.1) is 6.58 Å². The fourth-order valence-corrected chi connectivity index (χ4v) is 6.44. The lowest BCUT2D eigenvalue weighted by Crippen LogP contribution is -2.20. The number of allylic oxidation sites excluding steroid dienone is 1. The van der Waals surface area contributed by atoms with Crippen molar-refractivity contribution >= 4 is 0 Å². The van der Waals surface area contributed by atoms with Crippen molar-refractivity contribution in [2.75, 3.05) is 6.61 Å². The highest BCUT2D eigenvalue weighted by Crippen LogP contribution is 2.39. The van der Waals surface area contributed by atoms with Gasteiger partial charge in [-0.05, 0) is 98.1 Å². The zero-order valence-corrected chi connectivity index (χ0v) is 22.8. The maximum atomic E-state index is 14.7. The third-order valence-electron chi connectivity index (χ3n) is 9.01. The van der Waals surface area contributed by atoms with E-state index in [9.17, 15) is 8.78 Å². The van der Waals surface area contributed by atoms with Crippen molar-refractivity contribution < 1.29 is 13.5 Å². The van der Waals surface area contributed by atoms with Gasteiger partial charge in [0.25, 0.3) is 0 Å². The van der Waals surface area contributed by atoms with Crippen LogP contribution in [0.5, 0.6) is 0 Å². The summed E-state index contributed by atoms with van der Waals surface area (Å²) >= 11 is 0. The van der Waals surface area contributed by atoms with Crippen LogP contribution >= 0.6 is 0 Å². The molecule has 0 amide bonds. The molecule has 202 valence electrons. The molecule has 2 saturated carbocycles. The Morgan fingerprint density at radius 1 is 0.811 bits per heavy atom. The number of hydrogen-bond acceptors (Lipinski definition) is 1. The molecule has 0 atom stereocenters. The van der Waals surface area contributed by atoms with Crippen LogP contribution in [0.15, 0.2) is 61.2 Å². The van der Waals surface area contributed by atoms with Crippen LogP contribution in [0, 0.1) is 11.8 Å². The lowest BCUT2D eigenvalue weighted by molar-refractivity contribution is -0.248. The van der Waals surface area contributed by atoms with Gasteiger partial charge in [-0.1, -0.05) is 87.2 Å². The van der Waals surface area contributed by atoms with E-state index in [-0.39, 0.29) is 12.2 Å². The van der Waals surface area contributed by atoms with Gasteiger partial charge in [0.1, 0.15) is 0 Å². The summed E-state index contributed by atoms with van der Waals surface area (Å²) in [4.78, 5) is 0. The van der Waals surface area contributed by atoms with Gasteiger partial charge >= 0.3 is 6.11 Å². The van der Waals surface area contributed by atoms with Crippen molar-refractivity contribution in [3.05, 3.63) is 83.4 Å². The molecular weight excluding hydrogens is 462 g/mol. The van der Waals surface area contributed by atoms with Gasteiger partial charge in [-0.25, -0.2) is 0 Å². The molecule has 2 aliphatic rings. The fraction of sp³-hybridized carbons (Fsp3) is 0.588. The van der Waals surface area contributed by atoms with Crippen molar-refractivity contribution in [1.82, 2.24) is 0 Å². The van der Waals surface area contributed by atoms with E-state index in [1.54, 1.807) is 12.1 Å². The Hall–Kier alpha value is -2.00. The van der Waals surface area contributed by atoms with Gasteiger partial charge in [0.2, 0.25) is 0 Å². The highest BCUT2D eigenvalue weighted by molar-refractivity contribution is 5.28. The van der Waals surface area contributed by atoms with Crippen molar-refractivity contribution in [3.8, 4) is 0 Å². The van der Waals surface area contributed by atoms with Gasteiger partial charge in [-0.3, -0.25) is 0 Å². The van der Waals surface area contributed by atoms with E-state index >= 15 is 0 Å². The van der Waals surface area contributed by atoms with Crippen molar-refractivity contribution in [3.63, 3.8) is 0 Å². The van der Waals surface area contributed by atoms with Crippen LogP contribution in [0.25, 0.3) is 0 Å². The van der Waals surface area contributed by atoms with Gasteiger partial charge < -0.3 is 4.74 Å². The normalized spacial score (nSPS) is 24.6. The number of unbranched alkanes of at least 4 members (excludes halogenated alkanes) is 2. The average Bonchev–Trinajstić information content (AvgIpc) is 2.94. The Morgan fingerprint density at radius 3 is 1.95 bits per heavy atom. The third kappa shape index (κ3) is 7.99. The molecule has 0 heterocycles. The van der Waals surface area contributed by atoms with Crippen LogP contribution in [0.1, 0.15) is 118 Å². The summed E-state index contributed by atoms with van der Waals surface area (Å²) in [5.74, 6) is 2.62. The van der Waals surface area contributed by atoms with Crippen molar-refractivity contribution in [1.29, 1.82) is 0 Å². The molecule has 1 nitrogen and oxygen atoms in total. The summed E-state index contributed by atoms with van der Waals surface area (Å²) < 4.78 is 34.6. The van der Waals surface area contributed by atoms with Crippen LogP contribution in [0.2, 0.25) is 0 Å². The van der Waals surface area contributed by atoms with E-state index in [2.05, 4.69) is 37.8 Å². The van der Waals surface area contributed by atoms with Gasteiger partial charge in [0.05, 0.1) is 12.2 Å². The highest BCUT2D eigenvalue weighted by Gasteiger charge is 2.33. The number of ether oxygens (including phenoxy) is 1. The Bertz CT molecular complexity index is 933. The molecule has 2 aromatic rings. The molecule has 0 bridgehead atoms. The van der Waals surface area contributed by atoms with E-state index in [1.165, 1.54) is 56.9 Å². The molecule has 37 heavy (non-hydrogen) atoms. The topological polar surface area (TPSA) is 9.23 Å². The second-order valence-corrected chi connectivity index (χ2v) is 11.5. The van der Waals surface area contributed by atoms with Crippen LogP contribution in [0.3, 0.4) is 0 Å². The van der Waals surface area contributed by atoms with E-state index in [4.69, 9.17) is 4.74 Å². The molecule has 0 unspecified atom stereocenters. The fourth-order valence-electron chi connectivity index (χ4n) is 6.44. The summed E-state index contributed by atoms with van der Waals surface area (Å²) in [6.07, 6.45) is 14.4. The maximum Gasteiger partial charge on any atom is 0.383 e. The van der Waals surface area contributed by atoms with E-state index < -0.39 is 6.11 Å². The van der Waals surface area contributed by atoms with Crippen LogP contribution < -0.4 is 0 Å². The quantitative estimate of drug-likeness (QED) is 0.205. The molecule has 0 spiro atoms. The molecule has 0 aliphatic heterocycles. The van der Waals surface area contributed by atoms with E-state index in [0.29, 0.717) is 24.2 Å². The predicted molar refractivity (Wildman–Crippen MR) is 150 cm³/mol. The second-order valence-electron chi connectivity index (χ2n) is 11.5. The standard InChI is InChI=1S/C34H46F2O/c1-3-5-6-7-27-10-16-30(17-11-27)31-18-12-28(13-19-31)24-25-37-34(35,36)33-22-20-32(21-23-33)29-14-8-26(4-2)9-15-29/h4,12-13,18-23,26-27,29-30H,2-3,5-11,14-17,24-25H2,1H3. The first-order valence-electron chi connectivity index (χ1n) is 14.8. The Morgan fingerprint density at radius 2 is 1.38 bits per heavy atom. The largest absolute Gasteiger partial charge is 0.383 e. The molecule has 0 radical (unpaired) electrons. The minimum absolute atomic E-state index is 0.00251. The highest BCUT2D eigenvalue weighted by atomic mass is 19.3. The number of alkyl halides is 2. The third-order valence-corrected chi connectivity index (χ3v) is 9.01. The molecular formula is C34H46F2O. The SMILES string of the molecule is C=CC1CCC(c2ccc(C(F)(F)OCCc3ccc(C4CCC(CCCCC)CC4)cc3)cc2)CC1. The molecule has 2 aromatic carbocycles. The van der Waals surface area contributed by atoms with Crippen molar-refractivity contribution in [2.24, 2.45) is 11.8 Å². The Balaban J connectivity index is 1.21. The summed E-state index contributed by atoms with van der Waals surface area (Å²) in [5, 5.41) is 0. The van der Waals surface area contributed by atoms with Crippen LogP contribution in [-0.4, -0.2) is 6.61 Å². The molecule has 0 aromatic heterocycles. The lowest BCUT2D eigenvalue weighted by atomic mass is 9.77. The zero-order valence-electron chi connectivity index (χ0n) is 22.8. The first-order valence-corrected chi connectivity index (χ1v) is 14.8. The number of rotatable bonds is 12. The monoisotopic (exact) mass is 508 g/mol. The molecule has 0 N–H and O–H groups in total. The molecule has 2 aliphatic carbocycles. The number of hydrogen-bond donors (Lipinski definition) is 0. The maximum absolute atomic E-state index is 14.7. The van der Waals surface area contributed by atoms with E-state index in [0.717, 1.165) is 42.7 Å². The Labute approximate surface area is 223 Å². The molecule has 0 saturated heterocycles. The predicted octanol–water partition coefficient (Wildman–Crippen LogP) is 10.3. The lowest BCUT2D eigenvalue weighted by Gasteiger charge is -2.29. The molecule has 4 rings (SSSR count). The zero-order chi connectivity index (χ0) is 26.1. The average molecular weight is 509 g/mol. The molecule has 3 heteroatoms. The van der Waals surface area contributed by atoms with Crippen LogP contribution in [-0.2, 0) is 17.3 Å². The first-order chi connectivity index (χ1) is 18.0. The first kappa shape index (κ1) is 28.0. The van der Waals surface area contributed by atoms with E-state index in [1.807, 2.05) is 18.2 Å². The summed E-state index contributed by atoms with van der Waals surface area (Å²) in [7, 11) is 0.